The fourth-order valence-electron chi connectivity index (χ4n) is 10.4. The zero-order valence-corrected chi connectivity index (χ0v) is 30.7. The van der Waals surface area contributed by atoms with Crippen LogP contribution in [0.5, 0.6) is 28.7 Å². The van der Waals surface area contributed by atoms with E-state index in [0.717, 1.165) is 28.8 Å². The van der Waals surface area contributed by atoms with Crippen LogP contribution in [0.15, 0.2) is 41.6 Å². The van der Waals surface area contributed by atoms with Crippen LogP contribution in [0.1, 0.15) is 64.1 Å². The molecule has 4 bridgehead atoms. The summed E-state index contributed by atoms with van der Waals surface area (Å²) in [5.74, 6) is 1.30. The van der Waals surface area contributed by atoms with Crippen molar-refractivity contribution in [2.75, 3.05) is 32.8 Å². The number of aliphatic hydroxyl groups excluding tert-OH is 1. The molecule has 9 atom stereocenters. The summed E-state index contributed by atoms with van der Waals surface area (Å²) in [4.78, 5) is 29.6. The number of benzene rings is 2. The summed E-state index contributed by atoms with van der Waals surface area (Å²) in [6.07, 6.45) is 8.65. The minimum atomic E-state index is -1.19. The Labute approximate surface area is 310 Å². The fourth-order valence-corrected chi connectivity index (χ4v) is 12.1. The first kappa shape index (κ1) is 33.4. The number of nitrogens with one attached hydrogen (secondary N) is 3. The van der Waals surface area contributed by atoms with Gasteiger partial charge >= 0.3 is 11.9 Å². The Balaban J connectivity index is 1.21. The van der Waals surface area contributed by atoms with Crippen LogP contribution in [0.3, 0.4) is 0 Å². The van der Waals surface area contributed by atoms with E-state index in [-0.39, 0.29) is 36.9 Å². The second kappa shape index (κ2) is 11.9. The number of phenolic OH excluding ortho intramolecular Hbond substituents is 1. The highest BCUT2D eigenvalue weighted by Gasteiger charge is 2.61. The number of aliphatic hydroxyl groups is 1. The van der Waals surface area contributed by atoms with Crippen molar-refractivity contribution in [2.45, 2.75) is 80.8 Å². The lowest BCUT2D eigenvalue weighted by atomic mass is 9.74. The summed E-state index contributed by atoms with van der Waals surface area (Å²) in [6.45, 7) is 5.57. The molecule has 0 saturated carbocycles. The van der Waals surface area contributed by atoms with E-state index in [1.54, 1.807) is 18.9 Å². The maximum absolute atomic E-state index is 14.7. The molecule has 13 nitrogen and oxygen atoms in total. The Bertz CT molecular complexity index is 2080. The first-order valence-corrected chi connectivity index (χ1v) is 19.3. The van der Waals surface area contributed by atoms with Crippen LogP contribution in [-0.4, -0.2) is 89.8 Å². The number of piperazine rings is 1. The van der Waals surface area contributed by atoms with Gasteiger partial charge in [-0.1, -0.05) is 30.4 Å². The highest BCUT2D eigenvalue weighted by molar-refractivity contribution is 7.99. The summed E-state index contributed by atoms with van der Waals surface area (Å²) in [5, 5.41) is 34.8. The van der Waals surface area contributed by atoms with Crippen LogP contribution < -0.4 is 34.9 Å². The third kappa shape index (κ3) is 4.53. The van der Waals surface area contributed by atoms with Crippen molar-refractivity contribution < 1.29 is 43.5 Å². The minimum Gasteiger partial charge on any atom is -0.504 e. The van der Waals surface area contributed by atoms with Gasteiger partial charge in [0.25, 0.3) is 0 Å². The van der Waals surface area contributed by atoms with Gasteiger partial charge in [0, 0.05) is 59.1 Å². The predicted molar refractivity (Wildman–Crippen MR) is 193 cm³/mol. The monoisotopic (exact) mass is 742 g/mol. The van der Waals surface area contributed by atoms with Gasteiger partial charge in [-0.05, 0) is 43.4 Å². The molecule has 9 aliphatic rings. The molecular formula is C39H42N4O9S. The number of methoxy groups -OCH3 is 1. The second-order valence-electron chi connectivity index (χ2n) is 15.2. The van der Waals surface area contributed by atoms with Gasteiger partial charge < -0.3 is 44.5 Å². The largest absolute Gasteiger partial charge is 0.504 e. The highest BCUT2D eigenvalue weighted by Crippen LogP contribution is 2.63. The molecule has 0 amide bonds. The SMILES string of the molecule is COc1c(C)cc2c(c1O)C1NC(C2)[C@H](O)N2C3COC(=O)[C@@]4(CS[C@H](c5c(OC(C)=O)c(C)c6c(c53)OCO6)C12)NCCC1=C4NC2C=CC=CC12. The quantitative estimate of drug-likeness (QED) is 0.226. The van der Waals surface area contributed by atoms with Crippen LogP contribution in [0, 0.1) is 19.8 Å². The molecule has 1 aliphatic carbocycles. The van der Waals surface area contributed by atoms with Crippen LogP contribution in [0.4, 0.5) is 0 Å². The maximum atomic E-state index is 14.7. The molecule has 278 valence electrons. The number of phenols is 1. The molecule has 6 unspecified atom stereocenters. The van der Waals surface area contributed by atoms with Gasteiger partial charge in [-0.15, -0.1) is 11.8 Å². The van der Waals surface area contributed by atoms with Crippen molar-refractivity contribution in [3.05, 3.63) is 75.0 Å². The van der Waals surface area contributed by atoms with Crippen LogP contribution in [0.2, 0.25) is 0 Å². The summed E-state index contributed by atoms with van der Waals surface area (Å²) in [6, 6.07) is -0.0702. The number of aromatic hydroxyl groups is 1. The lowest BCUT2D eigenvalue weighted by molar-refractivity contribution is -0.163. The Kier molecular flexibility index (Phi) is 7.49. The summed E-state index contributed by atoms with van der Waals surface area (Å²) in [5.41, 5.74) is 5.32. The van der Waals surface area contributed by atoms with Gasteiger partial charge in [-0.25, -0.2) is 4.79 Å². The Morgan fingerprint density at radius 1 is 1.09 bits per heavy atom. The number of fused-ring (bicyclic) bond motifs is 10. The van der Waals surface area contributed by atoms with E-state index in [2.05, 4.69) is 34.2 Å². The Morgan fingerprint density at radius 3 is 2.72 bits per heavy atom. The van der Waals surface area contributed by atoms with E-state index in [1.807, 2.05) is 30.9 Å². The number of allylic oxidation sites excluding steroid dienone is 2. The minimum absolute atomic E-state index is 0.0313. The van der Waals surface area contributed by atoms with Crippen molar-refractivity contribution in [1.29, 1.82) is 0 Å². The predicted octanol–water partition coefficient (Wildman–Crippen LogP) is 3.02. The number of carbonyl (C=O) groups excluding carboxylic acids is 2. The molecule has 8 aliphatic heterocycles. The number of ether oxygens (including phenoxy) is 5. The average molecular weight is 743 g/mol. The molecule has 53 heavy (non-hydrogen) atoms. The smallest absolute Gasteiger partial charge is 0.333 e. The Morgan fingerprint density at radius 2 is 1.91 bits per heavy atom. The van der Waals surface area contributed by atoms with E-state index in [0.29, 0.717) is 52.7 Å². The highest BCUT2D eigenvalue weighted by atomic mass is 32.2. The molecule has 0 radical (unpaired) electrons. The van der Waals surface area contributed by atoms with Gasteiger partial charge in [-0.3, -0.25) is 15.0 Å². The number of hydrogen-bond donors (Lipinski definition) is 5. The third-order valence-corrected chi connectivity index (χ3v) is 14.0. The van der Waals surface area contributed by atoms with Crippen molar-refractivity contribution >= 4 is 23.7 Å². The number of esters is 2. The van der Waals surface area contributed by atoms with Crippen molar-refractivity contribution in [3.8, 4) is 28.7 Å². The van der Waals surface area contributed by atoms with Gasteiger partial charge in [0.1, 0.15) is 18.6 Å². The second-order valence-corrected chi connectivity index (χ2v) is 16.3. The summed E-state index contributed by atoms with van der Waals surface area (Å²) in [7, 11) is 1.55. The van der Waals surface area contributed by atoms with Crippen molar-refractivity contribution in [3.63, 3.8) is 0 Å². The van der Waals surface area contributed by atoms with Crippen molar-refractivity contribution in [1.82, 2.24) is 20.9 Å². The molecule has 2 saturated heterocycles. The molecule has 2 fully saturated rings. The zero-order chi connectivity index (χ0) is 36.5. The first-order valence-electron chi connectivity index (χ1n) is 18.3. The van der Waals surface area contributed by atoms with Gasteiger partial charge in [-0.2, -0.15) is 0 Å². The average Bonchev–Trinajstić information content (AvgIpc) is 3.79. The fraction of sp³-hybridized carbons (Fsp3) is 0.487. The lowest BCUT2D eigenvalue weighted by Gasteiger charge is -2.59. The van der Waals surface area contributed by atoms with E-state index in [9.17, 15) is 19.8 Å². The lowest BCUT2D eigenvalue weighted by Crippen LogP contribution is -2.70. The van der Waals surface area contributed by atoms with E-state index < -0.39 is 53.1 Å². The number of carbonyl (C=O) groups is 2. The van der Waals surface area contributed by atoms with E-state index >= 15 is 0 Å². The van der Waals surface area contributed by atoms with Crippen LogP contribution in [0.25, 0.3) is 0 Å². The molecule has 11 rings (SSSR count). The molecule has 0 aromatic heterocycles. The van der Waals surface area contributed by atoms with E-state index in [4.69, 9.17) is 23.7 Å². The molecule has 1 spiro atoms. The molecule has 5 N–H and O–H groups in total. The van der Waals surface area contributed by atoms with Crippen LogP contribution in [-0.2, 0) is 20.7 Å². The molecule has 8 heterocycles. The van der Waals surface area contributed by atoms with Gasteiger partial charge in [0.05, 0.1) is 36.5 Å². The topological polar surface area (TPSA) is 160 Å². The molecule has 2 aromatic carbocycles. The number of rotatable bonds is 2. The number of aryl methyl sites for hydroxylation is 1. The standard InChI is InChI=1S/C39H42N4O9S/c1-16-11-19-12-23-37(46)43-24-13-49-38(47)39(36-21(9-10-40-39)20-7-5-6-8-22(20)42-36)14-53-35(29(43)28(41-23)25(19)30(45)31(16)48-4)27-26(24)34-33(50-15-51-34)17(2)32(27)52-18(3)44/h5-8,11,20,22-24,28-29,35,37,40-42,45-46H,9-10,12-15H2,1-4H3/t20?,22?,23?,24?,28?,29?,35-,37+,39+/m1/s1. The summed E-state index contributed by atoms with van der Waals surface area (Å²) >= 11 is 1.55. The zero-order valence-electron chi connectivity index (χ0n) is 29.9. The number of nitrogens with zero attached hydrogens (tertiary/aromatic N) is 1. The number of thioether (sulfide) groups is 1. The normalized spacial score (nSPS) is 34.4. The van der Waals surface area contributed by atoms with Gasteiger partial charge in [0.2, 0.25) is 6.79 Å². The molecular weight excluding hydrogens is 701 g/mol. The maximum Gasteiger partial charge on any atom is 0.333 e. The summed E-state index contributed by atoms with van der Waals surface area (Å²) < 4.78 is 30.5. The first-order chi connectivity index (χ1) is 25.6. The van der Waals surface area contributed by atoms with E-state index in [1.165, 1.54) is 12.5 Å². The Hall–Kier alpha value is -4.21. The number of hydrogen-bond acceptors (Lipinski definition) is 14. The van der Waals surface area contributed by atoms with Crippen LogP contribution >= 0.6 is 11.8 Å². The third-order valence-electron chi connectivity index (χ3n) is 12.5. The molecule has 2 aromatic rings. The van der Waals surface area contributed by atoms with Gasteiger partial charge in [0.15, 0.2) is 28.5 Å². The molecule has 14 heteroatoms. The van der Waals surface area contributed by atoms with Crippen molar-refractivity contribution in [2.24, 2.45) is 5.92 Å².